The maximum Gasteiger partial charge on any atom is 0.356 e. The Morgan fingerprint density at radius 2 is 2.17 bits per heavy atom. The molecule has 0 aliphatic rings. The highest BCUT2D eigenvalue weighted by atomic mass is 19.1. The van der Waals surface area contributed by atoms with Crippen LogP contribution in [0, 0.1) is 11.6 Å². The standard InChI is InChI=1S/C12H10F2N2O2/c1-2-18-12(17)11-6-10(15-16-11)8-5-7(13)3-4-9(8)14/h3-6H,2H2,1H3,(H,15,16). The second-order valence-corrected chi connectivity index (χ2v) is 3.51. The van der Waals surface area contributed by atoms with Gasteiger partial charge in [-0.1, -0.05) is 0 Å². The summed E-state index contributed by atoms with van der Waals surface area (Å²) in [5.41, 5.74) is 0.229. The number of H-pyrrole nitrogens is 1. The lowest BCUT2D eigenvalue weighted by Gasteiger charge is -1.98. The van der Waals surface area contributed by atoms with Crippen molar-refractivity contribution in [3.8, 4) is 11.3 Å². The Kier molecular flexibility index (Phi) is 3.36. The van der Waals surface area contributed by atoms with Crippen LogP contribution in [-0.4, -0.2) is 22.8 Å². The van der Waals surface area contributed by atoms with Crippen LogP contribution < -0.4 is 0 Å². The van der Waals surface area contributed by atoms with Crippen molar-refractivity contribution in [3.05, 3.63) is 41.6 Å². The van der Waals surface area contributed by atoms with Gasteiger partial charge in [0.2, 0.25) is 0 Å². The maximum atomic E-state index is 13.5. The van der Waals surface area contributed by atoms with Gasteiger partial charge in [-0.05, 0) is 31.2 Å². The molecule has 2 aromatic rings. The van der Waals surface area contributed by atoms with Crippen LogP contribution in [0.3, 0.4) is 0 Å². The van der Waals surface area contributed by atoms with Gasteiger partial charge in [0.25, 0.3) is 0 Å². The molecule has 0 saturated heterocycles. The van der Waals surface area contributed by atoms with Crippen molar-refractivity contribution in [2.45, 2.75) is 6.92 Å². The van der Waals surface area contributed by atoms with Crippen LogP contribution in [0.5, 0.6) is 0 Å². The summed E-state index contributed by atoms with van der Waals surface area (Å²) in [5, 5.41) is 6.18. The topological polar surface area (TPSA) is 55.0 Å². The van der Waals surface area contributed by atoms with E-state index in [9.17, 15) is 13.6 Å². The predicted octanol–water partition coefficient (Wildman–Crippen LogP) is 2.53. The Hall–Kier alpha value is -2.24. The lowest BCUT2D eigenvalue weighted by atomic mass is 10.1. The highest BCUT2D eigenvalue weighted by Crippen LogP contribution is 2.22. The summed E-state index contributed by atoms with van der Waals surface area (Å²) in [4.78, 5) is 11.4. The van der Waals surface area contributed by atoms with Gasteiger partial charge in [-0.3, -0.25) is 5.10 Å². The van der Waals surface area contributed by atoms with Crippen molar-refractivity contribution < 1.29 is 18.3 Å². The third-order valence-electron chi connectivity index (χ3n) is 2.28. The van der Waals surface area contributed by atoms with Gasteiger partial charge in [0.05, 0.1) is 12.3 Å². The number of ether oxygens (including phenoxy) is 1. The molecule has 6 heteroatoms. The van der Waals surface area contributed by atoms with E-state index in [2.05, 4.69) is 10.2 Å². The molecule has 0 unspecified atom stereocenters. The van der Waals surface area contributed by atoms with Gasteiger partial charge in [-0.15, -0.1) is 0 Å². The first-order valence-electron chi connectivity index (χ1n) is 5.29. The lowest BCUT2D eigenvalue weighted by molar-refractivity contribution is 0.0519. The minimum absolute atomic E-state index is 0.0122. The Balaban J connectivity index is 2.35. The van der Waals surface area contributed by atoms with Crippen molar-refractivity contribution >= 4 is 5.97 Å². The van der Waals surface area contributed by atoms with Gasteiger partial charge >= 0.3 is 5.97 Å². The molecule has 1 aromatic heterocycles. The van der Waals surface area contributed by atoms with E-state index in [1.807, 2.05) is 0 Å². The number of nitrogens with one attached hydrogen (secondary N) is 1. The highest BCUT2D eigenvalue weighted by molar-refractivity contribution is 5.88. The molecule has 94 valence electrons. The van der Waals surface area contributed by atoms with Crippen LogP contribution in [0.4, 0.5) is 8.78 Å². The van der Waals surface area contributed by atoms with Crippen LogP contribution in [-0.2, 0) is 4.74 Å². The van der Waals surface area contributed by atoms with Gasteiger partial charge in [0, 0.05) is 5.56 Å². The Morgan fingerprint density at radius 1 is 1.39 bits per heavy atom. The van der Waals surface area contributed by atoms with Gasteiger partial charge in [-0.25, -0.2) is 13.6 Å². The Morgan fingerprint density at radius 3 is 2.89 bits per heavy atom. The van der Waals surface area contributed by atoms with Crippen LogP contribution >= 0.6 is 0 Å². The number of hydrogen-bond acceptors (Lipinski definition) is 3. The second kappa shape index (κ2) is 4.95. The first-order valence-corrected chi connectivity index (χ1v) is 5.29. The molecule has 0 radical (unpaired) electrons. The molecule has 4 nitrogen and oxygen atoms in total. The molecule has 18 heavy (non-hydrogen) atoms. The summed E-state index contributed by atoms with van der Waals surface area (Å²) >= 11 is 0. The fourth-order valence-corrected chi connectivity index (χ4v) is 1.47. The summed E-state index contributed by atoms with van der Waals surface area (Å²) in [5.74, 6) is -1.78. The number of rotatable bonds is 3. The number of esters is 1. The van der Waals surface area contributed by atoms with E-state index in [4.69, 9.17) is 4.74 Å². The number of nitrogens with zero attached hydrogens (tertiary/aromatic N) is 1. The zero-order chi connectivity index (χ0) is 13.1. The number of carbonyl (C=O) groups is 1. The van der Waals surface area contributed by atoms with E-state index in [1.54, 1.807) is 6.92 Å². The monoisotopic (exact) mass is 252 g/mol. The minimum Gasteiger partial charge on any atom is -0.461 e. The summed E-state index contributed by atoms with van der Waals surface area (Å²) in [6.45, 7) is 1.89. The van der Waals surface area contributed by atoms with Crippen LogP contribution in [0.1, 0.15) is 17.4 Å². The van der Waals surface area contributed by atoms with Crippen molar-refractivity contribution in [2.75, 3.05) is 6.61 Å². The van der Waals surface area contributed by atoms with Gasteiger partial charge in [-0.2, -0.15) is 5.10 Å². The van der Waals surface area contributed by atoms with E-state index in [-0.39, 0.29) is 23.6 Å². The third kappa shape index (κ3) is 2.37. The fraction of sp³-hybridized carbons (Fsp3) is 0.167. The fourth-order valence-electron chi connectivity index (χ4n) is 1.47. The summed E-state index contributed by atoms with van der Waals surface area (Å²) < 4.78 is 31.3. The van der Waals surface area contributed by atoms with Crippen LogP contribution in [0.15, 0.2) is 24.3 Å². The molecular formula is C12H10F2N2O2. The van der Waals surface area contributed by atoms with Crippen LogP contribution in [0.2, 0.25) is 0 Å². The molecule has 0 aliphatic heterocycles. The number of hydrogen-bond donors (Lipinski definition) is 1. The molecular weight excluding hydrogens is 242 g/mol. The van der Waals surface area contributed by atoms with Crippen LogP contribution in [0.25, 0.3) is 11.3 Å². The average Bonchev–Trinajstić information content (AvgIpc) is 2.82. The molecule has 0 fully saturated rings. The lowest BCUT2D eigenvalue weighted by Crippen LogP contribution is -2.04. The van der Waals surface area contributed by atoms with Gasteiger partial charge < -0.3 is 4.74 Å². The van der Waals surface area contributed by atoms with Crippen molar-refractivity contribution in [2.24, 2.45) is 0 Å². The van der Waals surface area contributed by atoms with E-state index in [0.29, 0.717) is 0 Å². The smallest absolute Gasteiger partial charge is 0.356 e. The van der Waals surface area contributed by atoms with Crippen molar-refractivity contribution in [3.63, 3.8) is 0 Å². The Bertz CT molecular complexity index is 581. The molecule has 0 spiro atoms. The molecule has 0 atom stereocenters. The first-order chi connectivity index (χ1) is 8.61. The number of carbonyl (C=O) groups excluding carboxylic acids is 1. The zero-order valence-electron chi connectivity index (χ0n) is 9.54. The van der Waals surface area contributed by atoms with E-state index < -0.39 is 17.6 Å². The third-order valence-corrected chi connectivity index (χ3v) is 2.28. The molecule has 2 rings (SSSR count). The van der Waals surface area contributed by atoms with E-state index in [0.717, 1.165) is 18.2 Å². The highest BCUT2D eigenvalue weighted by Gasteiger charge is 2.14. The normalized spacial score (nSPS) is 10.4. The zero-order valence-corrected chi connectivity index (χ0v) is 9.54. The minimum atomic E-state index is -0.613. The van der Waals surface area contributed by atoms with Crippen molar-refractivity contribution in [1.29, 1.82) is 0 Å². The molecule has 0 saturated carbocycles. The molecule has 0 bridgehead atoms. The summed E-state index contributed by atoms with van der Waals surface area (Å²) in [7, 11) is 0. The summed E-state index contributed by atoms with van der Waals surface area (Å²) in [6.07, 6.45) is 0. The van der Waals surface area contributed by atoms with E-state index in [1.165, 1.54) is 6.07 Å². The van der Waals surface area contributed by atoms with Crippen molar-refractivity contribution in [1.82, 2.24) is 10.2 Å². The predicted molar refractivity (Wildman–Crippen MR) is 59.9 cm³/mol. The largest absolute Gasteiger partial charge is 0.461 e. The second-order valence-electron chi connectivity index (χ2n) is 3.51. The van der Waals surface area contributed by atoms with E-state index >= 15 is 0 Å². The molecule has 0 amide bonds. The number of benzene rings is 1. The molecule has 0 aliphatic carbocycles. The molecule has 1 N–H and O–H groups in total. The quantitative estimate of drug-likeness (QED) is 0.854. The summed E-state index contributed by atoms with van der Waals surface area (Å²) in [6, 6.07) is 4.34. The Labute approximate surface area is 102 Å². The number of halogens is 2. The number of aromatic nitrogens is 2. The first kappa shape index (κ1) is 12.2. The van der Waals surface area contributed by atoms with Gasteiger partial charge in [0.15, 0.2) is 0 Å². The molecule has 1 aromatic carbocycles. The SMILES string of the molecule is CCOC(=O)c1cc(-c2cc(F)ccc2F)n[nH]1. The molecule has 1 heterocycles. The average molecular weight is 252 g/mol. The van der Waals surface area contributed by atoms with Gasteiger partial charge in [0.1, 0.15) is 17.3 Å². The number of aromatic amines is 1. The maximum absolute atomic E-state index is 13.5.